The average Bonchev–Trinajstić information content (AvgIpc) is 2.65. The molecule has 1 aliphatic rings. The number of rotatable bonds is 2. The van der Waals surface area contributed by atoms with Crippen molar-refractivity contribution in [2.45, 2.75) is 25.3 Å². The summed E-state index contributed by atoms with van der Waals surface area (Å²) < 4.78 is 3.90. The van der Waals surface area contributed by atoms with Gasteiger partial charge in [-0.2, -0.15) is 9.36 Å². The maximum absolute atomic E-state index is 11.3. The molecular formula is C8H13N5OS. The number of nitrogen functional groups attached to an aromatic ring is 1. The number of hydrogen-bond donors (Lipinski definition) is 2. The highest BCUT2D eigenvalue weighted by Gasteiger charge is 2.29. The molecule has 0 radical (unpaired) electrons. The molecule has 0 bridgehead atoms. The van der Waals surface area contributed by atoms with Crippen molar-refractivity contribution in [1.29, 1.82) is 0 Å². The second-order valence-corrected chi connectivity index (χ2v) is 4.27. The summed E-state index contributed by atoms with van der Waals surface area (Å²) in [5.74, 6) is -0.0488. The van der Waals surface area contributed by atoms with Crippen molar-refractivity contribution < 1.29 is 4.79 Å². The number of piperidine rings is 1. The minimum Gasteiger partial charge on any atom is -0.368 e. The van der Waals surface area contributed by atoms with Gasteiger partial charge in [-0.05, 0) is 19.3 Å². The Morgan fingerprint density at radius 2 is 2.33 bits per heavy atom. The van der Waals surface area contributed by atoms with Crippen LogP contribution in [0.1, 0.15) is 19.3 Å². The molecule has 1 atom stereocenters. The maximum Gasteiger partial charge on any atom is 0.240 e. The van der Waals surface area contributed by atoms with Crippen LogP contribution in [0.4, 0.5) is 11.1 Å². The van der Waals surface area contributed by atoms with E-state index in [0.29, 0.717) is 5.13 Å². The molecule has 1 unspecified atom stereocenters. The van der Waals surface area contributed by atoms with Crippen LogP contribution in [0.15, 0.2) is 0 Å². The molecule has 1 amide bonds. The van der Waals surface area contributed by atoms with Gasteiger partial charge in [-0.15, -0.1) is 0 Å². The van der Waals surface area contributed by atoms with Crippen molar-refractivity contribution in [2.75, 3.05) is 17.2 Å². The van der Waals surface area contributed by atoms with Crippen molar-refractivity contribution in [2.24, 2.45) is 5.73 Å². The SMILES string of the molecule is NC(=O)C1CCCCN1c1nc(N)ns1. The van der Waals surface area contributed by atoms with E-state index in [9.17, 15) is 4.79 Å². The van der Waals surface area contributed by atoms with Gasteiger partial charge in [0, 0.05) is 18.1 Å². The second-order valence-electron chi connectivity index (χ2n) is 3.54. The molecule has 82 valence electrons. The summed E-state index contributed by atoms with van der Waals surface area (Å²) in [6, 6.07) is -0.258. The molecule has 15 heavy (non-hydrogen) atoms. The van der Waals surface area contributed by atoms with Crippen LogP contribution >= 0.6 is 11.5 Å². The van der Waals surface area contributed by atoms with Crippen molar-refractivity contribution in [3.63, 3.8) is 0 Å². The maximum atomic E-state index is 11.3. The first-order valence-corrected chi connectivity index (χ1v) is 5.61. The fourth-order valence-corrected chi connectivity index (χ4v) is 2.47. The Hall–Kier alpha value is -1.37. The summed E-state index contributed by atoms with van der Waals surface area (Å²) >= 11 is 1.21. The molecule has 1 aliphatic heterocycles. The summed E-state index contributed by atoms with van der Waals surface area (Å²) in [5, 5.41) is 0.691. The molecule has 1 saturated heterocycles. The second kappa shape index (κ2) is 4.01. The molecule has 7 heteroatoms. The van der Waals surface area contributed by atoms with Crippen molar-refractivity contribution in [3.8, 4) is 0 Å². The topological polar surface area (TPSA) is 98.1 Å². The summed E-state index contributed by atoms with van der Waals surface area (Å²) in [6.07, 6.45) is 2.86. The molecule has 0 saturated carbocycles. The van der Waals surface area contributed by atoms with Gasteiger partial charge < -0.3 is 16.4 Å². The first-order valence-electron chi connectivity index (χ1n) is 4.83. The Balaban J connectivity index is 2.21. The highest BCUT2D eigenvalue weighted by molar-refractivity contribution is 7.09. The molecule has 0 spiro atoms. The first kappa shape index (κ1) is 10.2. The summed E-state index contributed by atoms with van der Waals surface area (Å²) in [4.78, 5) is 17.2. The number of carbonyl (C=O) groups is 1. The van der Waals surface area contributed by atoms with Gasteiger partial charge >= 0.3 is 0 Å². The minimum absolute atomic E-state index is 0.254. The molecule has 0 aliphatic carbocycles. The zero-order valence-corrected chi connectivity index (χ0v) is 9.04. The van der Waals surface area contributed by atoms with Crippen molar-refractivity contribution in [1.82, 2.24) is 9.36 Å². The number of amides is 1. The molecular weight excluding hydrogens is 214 g/mol. The molecule has 2 rings (SSSR count). The number of anilines is 2. The Kier molecular flexibility index (Phi) is 2.72. The van der Waals surface area contributed by atoms with E-state index in [1.165, 1.54) is 11.5 Å². The lowest BCUT2D eigenvalue weighted by molar-refractivity contribution is -0.119. The van der Waals surface area contributed by atoms with E-state index >= 15 is 0 Å². The highest BCUT2D eigenvalue weighted by atomic mass is 32.1. The Morgan fingerprint density at radius 3 is 2.93 bits per heavy atom. The molecule has 0 aromatic carbocycles. The number of aromatic nitrogens is 2. The van der Waals surface area contributed by atoms with Crippen LogP contribution in [0.2, 0.25) is 0 Å². The fourth-order valence-electron chi connectivity index (χ4n) is 1.80. The standard InChI is InChI=1S/C8H13N5OS/c9-6(14)5-3-1-2-4-13(5)8-11-7(10)12-15-8/h5H,1-4H2,(H2,9,14)(H2,10,12). The van der Waals surface area contributed by atoms with Gasteiger partial charge in [0.15, 0.2) is 0 Å². The van der Waals surface area contributed by atoms with Gasteiger partial charge in [0.05, 0.1) is 0 Å². The minimum atomic E-state index is -0.302. The molecule has 1 aromatic heterocycles. The van der Waals surface area contributed by atoms with E-state index in [0.717, 1.165) is 25.8 Å². The largest absolute Gasteiger partial charge is 0.368 e. The lowest BCUT2D eigenvalue weighted by Crippen LogP contribution is -2.47. The Morgan fingerprint density at radius 1 is 1.53 bits per heavy atom. The van der Waals surface area contributed by atoms with E-state index in [1.807, 2.05) is 4.90 Å². The number of nitrogens with zero attached hydrogens (tertiary/aromatic N) is 3. The molecule has 2 heterocycles. The Bertz CT molecular complexity index is 366. The predicted octanol–water partition coefficient (Wildman–Crippen LogP) is -0.0355. The quantitative estimate of drug-likeness (QED) is 0.739. The lowest BCUT2D eigenvalue weighted by atomic mass is 10.0. The van der Waals surface area contributed by atoms with Crippen LogP contribution < -0.4 is 16.4 Å². The molecule has 6 nitrogen and oxygen atoms in total. The number of nitrogens with two attached hydrogens (primary N) is 2. The van der Waals surface area contributed by atoms with Crippen LogP contribution in [-0.4, -0.2) is 27.9 Å². The monoisotopic (exact) mass is 227 g/mol. The van der Waals surface area contributed by atoms with Crippen LogP contribution in [0.3, 0.4) is 0 Å². The van der Waals surface area contributed by atoms with Gasteiger partial charge in [-0.3, -0.25) is 4.79 Å². The molecule has 1 aromatic rings. The van der Waals surface area contributed by atoms with E-state index < -0.39 is 0 Å². The zero-order valence-electron chi connectivity index (χ0n) is 8.22. The Labute approximate surface area is 91.4 Å². The van der Waals surface area contributed by atoms with Gasteiger partial charge in [-0.1, -0.05) is 0 Å². The van der Waals surface area contributed by atoms with E-state index in [2.05, 4.69) is 9.36 Å². The normalized spacial score (nSPS) is 21.6. The third-order valence-corrected chi connectivity index (χ3v) is 3.28. The van der Waals surface area contributed by atoms with Gasteiger partial charge in [0.1, 0.15) is 6.04 Å². The van der Waals surface area contributed by atoms with E-state index in [-0.39, 0.29) is 17.9 Å². The van der Waals surface area contributed by atoms with Crippen LogP contribution in [0.5, 0.6) is 0 Å². The summed E-state index contributed by atoms with van der Waals surface area (Å²) in [6.45, 7) is 0.794. The smallest absolute Gasteiger partial charge is 0.240 e. The van der Waals surface area contributed by atoms with Gasteiger partial charge in [-0.25, -0.2) is 0 Å². The summed E-state index contributed by atoms with van der Waals surface area (Å²) in [7, 11) is 0. The number of primary amides is 1. The average molecular weight is 227 g/mol. The van der Waals surface area contributed by atoms with E-state index in [4.69, 9.17) is 11.5 Å². The highest BCUT2D eigenvalue weighted by Crippen LogP contribution is 2.26. The number of carbonyl (C=O) groups excluding carboxylic acids is 1. The van der Waals surface area contributed by atoms with Crippen LogP contribution in [0.25, 0.3) is 0 Å². The summed E-state index contributed by atoms with van der Waals surface area (Å²) in [5.41, 5.74) is 10.8. The predicted molar refractivity (Wildman–Crippen MR) is 58.5 cm³/mol. The first-order chi connectivity index (χ1) is 7.18. The third-order valence-electron chi connectivity index (χ3n) is 2.51. The molecule has 1 fully saturated rings. The van der Waals surface area contributed by atoms with Gasteiger partial charge in [0.25, 0.3) is 0 Å². The van der Waals surface area contributed by atoms with Crippen LogP contribution in [-0.2, 0) is 4.79 Å². The lowest BCUT2D eigenvalue weighted by Gasteiger charge is -2.32. The van der Waals surface area contributed by atoms with Crippen molar-refractivity contribution >= 4 is 28.5 Å². The van der Waals surface area contributed by atoms with Gasteiger partial charge in [0.2, 0.25) is 17.0 Å². The fraction of sp³-hybridized carbons (Fsp3) is 0.625. The zero-order chi connectivity index (χ0) is 10.8. The number of hydrogen-bond acceptors (Lipinski definition) is 6. The van der Waals surface area contributed by atoms with Crippen molar-refractivity contribution in [3.05, 3.63) is 0 Å². The molecule has 4 N–H and O–H groups in total. The van der Waals surface area contributed by atoms with E-state index in [1.54, 1.807) is 0 Å². The van der Waals surface area contributed by atoms with Crippen LogP contribution in [0, 0.1) is 0 Å². The third kappa shape index (κ3) is 2.01.